The molecule has 1 aliphatic heterocycles. The molecule has 150 valence electrons. The molecule has 1 aliphatic rings. The fourth-order valence-corrected chi connectivity index (χ4v) is 4.05. The number of para-hydroxylation sites is 1. The molecule has 0 aromatic heterocycles. The molecule has 5 heteroatoms. The molecule has 1 heterocycles. The number of ether oxygens (including phenoxy) is 2. The number of nitrogens with one attached hydrogen (secondary N) is 2. The number of hydrogen-bond acceptors (Lipinski definition) is 3. The predicted octanol–water partition coefficient (Wildman–Crippen LogP) is 2.75. The molecule has 1 amide bonds. The number of piperidine rings is 1. The third-order valence-corrected chi connectivity index (χ3v) is 5.62. The van der Waals surface area contributed by atoms with Crippen LogP contribution in [0.15, 0.2) is 36.4 Å². The number of aryl methyl sites for hydroxylation is 2. The monoisotopic (exact) mass is 383 g/mol. The molecule has 5 nitrogen and oxygen atoms in total. The minimum absolute atomic E-state index is 0.0444. The lowest BCUT2D eigenvalue weighted by molar-refractivity contribution is -0.921. The molecule has 2 aromatic carbocycles. The highest BCUT2D eigenvalue weighted by Crippen LogP contribution is 2.27. The van der Waals surface area contributed by atoms with Gasteiger partial charge in [-0.2, -0.15) is 0 Å². The zero-order valence-electron chi connectivity index (χ0n) is 17.3. The smallest absolute Gasteiger partial charge is 0.233 e. The molecule has 2 aromatic rings. The second kappa shape index (κ2) is 9.11. The zero-order chi connectivity index (χ0) is 20.1. The van der Waals surface area contributed by atoms with Gasteiger partial charge >= 0.3 is 0 Å². The molecule has 1 unspecified atom stereocenters. The average Bonchev–Trinajstić information content (AvgIpc) is 2.70. The Labute approximate surface area is 167 Å². The van der Waals surface area contributed by atoms with Gasteiger partial charge in [-0.15, -0.1) is 0 Å². The van der Waals surface area contributed by atoms with Gasteiger partial charge in [-0.25, -0.2) is 0 Å². The van der Waals surface area contributed by atoms with Gasteiger partial charge in [-0.05, 0) is 56.0 Å². The lowest BCUT2D eigenvalue weighted by Crippen LogP contribution is -3.12. The van der Waals surface area contributed by atoms with E-state index in [1.165, 1.54) is 10.5 Å². The molecule has 3 rings (SSSR count). The van der Waals surface area contributed by atoms with Gasteiger partial charge < -0.3 is 19.7 Å². The molecule has 0 spiro atoms. The summed E-state index contributed by atoms with van der Waals surface area (Å²) in [6.45, 7) is 6.90. The van der Waals surface area contributed by atoms with Gasteiger partial charge in [0.15, 0.2) is 11.5 Å². The summed E-state index contributed by atoms with van der Waals surface area (Å²) in [6.07, 6.45) is 2.01. The Morgan fingerprint density at radius 1 is 1.11 bits per heavy atom. The lowest BCUT2D eigenvalue weighted by Gasteiger charge is -2.29. The van der Waals surface area contributed by atoms with E-state index in [1.54, 1.807) is 14.2 Å². The topological polar surface area (TPSA) is 52.0 Å². The second-order valence-electron chi connectivity index (χ2n) is 7.67. The number of hydrogen-bond donors (Lipinski definition) is 2. The molecule has 28 heavy (non-hydrogen) atoms. The van der Waals surface area contributed by atoms with Crippen LogP contribution in [-0.2, 0) is 11.3 Å². The van der Waals surface area contributed by atoms with Crippen molar-refractivity contribution in [1.29, 1.82) is 0 Å². The molecule has 0 radical (unpaired) electrons. The van der Waals surface area contributed by atoms with E-state index in [2.05, 4.69) is 11.4 Å². The molecule has 0 bridgehead atoms. The van der Waals surface area contributed by atoms with Crippen LogP contribution in [0, 0.1) is 19.8 Å². The molecule has 1 fully saturated rings. The first kappa shape index (κ1) is 20.2. The van der Waals surface area contributed by atoms with Gasteiger partial charge in [0, 0.05) is 11.3 Å². The molecule has 0 saturated carbocycles. The Hall–Kier alpha value is -2.53. The molecule has 1 saturated heterocycles. The number of methoxy groups -OCH3 is 2. The van der Waals surface area contributed by atoms with Crippen molar-refractivity contribution < 1.29 is 19.2 Å². The van der Waals surface area contributed by atoms with Crippen molar-refractivity contribution >= 4 is 11.6 Å². The SMILES string of the molecule is COc1ccc(C[NH+]2CCC[C@@H](C(=O)Nc3c(C)cccc3C)C2)cc1OC. The maximum Gasteiger partial charge on any atom is 0.233 e. The van der Waals surface area contributed by atoms with Gasteiger partial charge in [0.1, 0.15) is 6.54 Å². The zero-order valence-corrected chi connectivity index (χ0v) is 17.3. The fraction of sp³-hybridized carbons (Fsp3) is 0.435. The number of amides is 1. The summed E-state index contributed by atoms with van der Waals surface area (Å²) in [5.41, 5.74) is 4.38. The lowest BCUT2D eigenvalue weighted by atomic mass is 9.96. The van der Waals surface area contributed by atoms with Crippen molar-refractivity contribution in [2.24, 2.45) is 5.92 Å². The molecule has 2 N–H and O–H groups in total. The first-order chi connectivity index (χ1) is 13.5. The molecular formula is C23H31N2O3+. The Bertz CT molecular complexity index is 814. The summed E-state index contributed by atoms with van der Waals surface area (Å²) in [7, 11) is 3.30. The van der Waals surface area contributed by atoms with Crippen LogP contribution in [0.2, 0.25) is 0 Å². The highest BCUT2D eigenvalue weighted by atomic mass is 16.5. The first-order valence-corrected chi connectivity index (χ1v) is 9.93. The van der Waals surface area contributed by atoms with Crippen molar-refractivity contribution in [2.45, 2.75) is 33.2 Å². The number of benzene rings is 2. The summed E-state index contributed by atoms with van der Waals surface area (Å²) in [5.74, 6) is 1.68. The average molecular weight is 384 g/mol. The number of carbonyl (C=O) groups excluding carboxylic acids is 1. The van der Waals surface area contributed by atoms with E-state index in [-0.39, 0.29) is 11.8 Å². The van der Waals surface area contributed by atoms with E-state index >= 15 is 0 Å². The van der Waals surface area contributed by atoms with Crippen molar-refractivity contribution in [3.05, 3.63) is 53.1 Å². The van der Waals surface area contributed by atoms with Crippen LogP contribution >= 0.6 is 0 Å². The van der Waals surface area contributed by atoms with Gasteiger partial charge in [-0.1, -0.05) is 18.2 Å². The van der Waals surface area contributed by atoms with Gasteiger partial charge in [0.2, 0.25) is 5.91 Å². The van der Waals surface area contributed by atoms with Crippen LogP contribution < -0.4 is 19.7 Å². The number of likely N-dealkylation sites (tertiary alicyclic amines) is 1. The van der Waals surface area contributed by atoms with Crippen LogP contribution in [0.25, 0.3) is 0 Å². The van der Waals surface area contributed by atoms with Gasteiger partial charge in [-0.3, -0.25) is 4.79 Å². The fourth-order valence-electron chi connectivity index (χ4n) is 4.05. The third-order valence-electron chi connectivity index (χ3n) is 5.62. The summed E-state index contributed by atoms with van der Waals surface area (Å²) in [6, 6.07) is 12.2. The van der Waals surface area contributed by atoms with E-state index in [1.807, 2.05) is 44.2 Å². The van der Waals surface area contributed by atoms with E-state index in [0.29, 0.717) is 0 Å². The Morgan fingerprint density at radius 2 is 1.82 bits per heavy atom. The number of carbonyl (C=O) groups is 1. The Morgan fingerprint density at radius 3 is 2.50 bits per heavy atom. The highest BCUT2D eigenvalue weighted by molar-refractivity contribution is 5.94. The minimum atomic E-state index is 0.0444. The maximum absolute atomic E-state index is 12.9. The van der Waals surface area contributed by atoms with Crippen LogP contribution in [0.3, 0.4) is 0 Å². The van der Waals surface area contributed by atoms with Crippen molar-refractivity contribution in [3.8, 4) is 11.5 Å². The molecule has 0 aliphatic carbocycles. The Balaban J connectivity index is 1.64. The van der Waals surface area contributed by atoms with Crippen molar-refractivity contribution in [2.75, 3.05) is 32.6 Å². The number of quaternary nitrogens is 1. The normalized spacial score (nSPS) is 19.1. The summed E-state index contributed by atoms with van der Waals surface area (Å²) in [5, 5.41) is 3.18. The van der Waals surface area contributed by atoms with Gasteiger partial charge in [0.05, 0.1) is 33.2 Å². The van der Waals surface area contributed by atoms with Gasteiger partial charge in [0.25, 0.3) is 0 Å². The standard InChI is InChI=1S/C23H30N2O3/c1-16-7-5-8-17(2)22(16)24-23(26)19-9-6-12-25(15-19)14-18-10-11-20(27-3)21(13-18)28-4/h5,7-8,10-11,13,19H,6,9,12,14-15H2,1-4H3,(H,24,26)/p+1/t19-/m1/s1. The maximum atomic E-state index is 12.9. The van der Waals surface area contributed by atoms with Crippen LogP contribution in [0.5, 0.6) is 11.5 Å². The number of anilines is 1. The summed E-state index contributed by atoms with van der Waals surface area (Å²) >= 11 is 0. The van der Waals surface area contributed by atoms with E-state index < -0.39 is 0 Å². The quantitative estimate of drug-likeness (QED) is 0.807. The predicted molar refractivity (Wildman–Crippen MR) is 111 cm³/mol. The molecular weight excluding hydrogens is 352 g/mol. The van der Waals surface area contributed by atoms with Crippen LogP contribution in [0.4, 0.5) is 5.69 Å². The largest absolute Gasteiger partial charge is 0.493 e. The minimum Gasteiger partial charge on any atom is -0.493 e. The molecule has 2 atom stereocenters. The summed E-state index contributed by atoms with van der Waals surface area (Å²) < 4.78 is 10.7. The first-order valence-electron chi connectivity index (χ1n) is 9.93. The van der Waals surface area contributed by atoms with E-state index in [0.717, 1.165) is 60.8 Å². The van der Waals surface area contributed by atoms with Crippen LogP contribution in [0.1, 0.15) is 29.5 Å². The Kier molecular flexibility index (Phi) is 6.57. The second-order valence-corrected chi connectivity index (χ2v) is 7.67. The van der Waals surface area contributed by atoms with Crippen LogP contribution in [-0.4, -0.2) is 33.2 Å². The van der Waals surface area contributed by atoms with Crippen molar-refractivity contribution in [3.63, 3.8) is 0 Å². The van der Waals surface area contributed by atoms with E-state index in [9.17, 15) is 4.79 Å². The van der Waals surface area contributed by atoms with Crippen molar-refractivity contribution in [1.82, 2.24) is 0 Å². The summed E-state index contributed by atoms with van der Waals surface area (Å²) in [4.78, 5) is 14.3. The number of rotatable bonds is 6. The highest BCUT2D eigenvalue weighted by Gasteiger charge is 2.29. The third kappa shape index (κ3) is 4.65. The van der Waals surface area contributed by atoms with E-state index in [4.69, 9.17) is 9.47 Å².